The Hall–Kier alpha value is -3.99. The summed E-state index contributed by atoms with van der Waals surface area (Å²) in [7, 11) is 0. The summed E-state index contributed by atoms with van der Waals surface area (Å²) < 4.78 is 5.56. The predicted molar refractivity (Wildman–Crippen MR) is 117 cm³/mol. The first kappa shape index (κ1) is 19.3. The van der Waals surface area contributed by atoms with Crippen LogP contribution in [-0.4, -0.2) is 16.9 Å². The van der Waals surface area contributed by atoms with Gasteiger partial charge in [-0.05, 0) is 50.2 Å². The van der Waals surface area contributed by atoms with Crippen molar-refractivity contribution < 1.29 is 14.3 Å². The summed E-state index contributed by atoms with van der Waals surface area (Å²) in [6.45, 7) is 3.82. The molecule has 1 N–H and O–H groups in total. The van der Waals surface area contributed by atoms with Gasteiger partial charge in [-0.3, -0.25) is 9.78 Å². The predicted octanol–water partition coefficient (Wildman–Crippen LogP) is 5.32. The van der Waals surface area contributed by atoms with Crippen molar-refractivity contribution in [2.45, 2.75) is 13.8 Å². The van der Waals surface area contributed by atoms with Crippen molar-refractivity contribution in [1.82, 2.24) is 4.98 Å². The van der Waals surface area contributed by atoms with Gasteiger partial charge in [-0.25, -0.2) is 4.79 Å². The molecule has 0 saturated heterocycles. The van der Waals surface area contributed by atoms with E-state index in [0.717, 1.165) is 16.5 Å². The molecule has 0 fully saturated rings. The molecule has 4 aromatic rings. The third-order valence-electron chi connectivity index (χ3n) is 4.75. The number of carbonyl (C=O) groups excluding carboxylic acids is 2. The summed E-state index contributed by atoms with van der Waals surface area (Å²) in [6, 6.07) is 21.6. The highest BCUT2D eigenvalue weighted by Crippen LogP contribution is 2.25. The quantitative estimate of drug-likeness (QED) is 0.374. The minimum Gasteiger partial charge on any atom is -0.422 e. The molecule has 1 amide bonds. The normalized spacial score (nSPS) is 10.6. The van der Waals surface area contributed by atoms with Crippen molar-refractivity contribution in [1.29, 1.82) is 0 Å². The topological polar surface area (TPSA) is 68.3 Å². The minimum absolute atomic E-state index is 0.205. The van der Waals surface area contributed by atoms with Gasteiger partial charge in [-0.1, -0.05) is 47.5 Å². The zero-order chi connectivity index (χ0) is 21.1. The second-order valence-electron chi connectivity index (χ2n) is 7.09. The number of hydrogen-bond donors (Lipinski definition) is 1. The smallest absolute Gasteiger partial charge is 0.343 e. The molecule has 1 heterocycles. The molecule has 5 nitrogen and oxygen atoms in total. The van der Waals surface area contributed by atoms with Gasteiger partial charge < -0.3 is 10.1 Å². The van der Waals surface area contributed by atoms with Crippen molar-refractivity contribution in [3.8, 4) is 5.75 Å². The van der Waals surface area contributed by atoms with Crippen LogP contribution in [0, 0.1) is 13.8 Å². The Morgan fingerprint density at radius 2 is 1.60 bits per heavy atom. The highest BCUT2D eigenvalue weighted by atomic mass is 16.5. The molecule has 3 aromatic carbocycles. The summed E-state index contributed by atoms with van der Waals surface area (Å²) >= 11 is 0. The monoisotopic (exact) mass is 396 g/mol. The Morgan fingerprint density at radius 1 is 0.867 bits per heavy atom. The van der Waals surface area contributed by atoms with Gasteiger partial charge in [0.25, 0.3) is 5.91 Å². The van der Waals surface area contributed by atoms with Crippen LogP contribution in [0.25, 0.3) is 10.9 Å². The summed E-state index contributed by atoms with van der Waals surface area (Å²) in [5, 5.41) is 3.82. The Labute approximate surface area is 174 Å². The first-order valence-corrected chi connectivity index (χ1v) is 9.56. The fourth-order valence-electron chi connectivity index (χ4n) is 3.15. The van der Waals surface area contributed by atoms with Crippen LogP contribution >= 0.6 is 0 Å². The zero-order valence-electron chi connectivity index (χ0n) is 16.7. The molecular formula is C25H20N2O3. The molecule has 0 radical (unpaired) electrons. The Morgan fingerprint density at radius 3 is 2.40 bits per heavy atom. The van der Waals surface area contributed by atoms with E-state index in [0.29, 0.717) is 16.8 Å². The number of fused-ring (bicyclic) bond motifs is 1. The number of benzene rings is 3. The van der Waals surface area contributed by atoms with Gasteiger partial charge in [-0.2, -0.15) is 0 Å². The van der Waals surface area contributed by atoms with Crippen LogP contribution < -0.4 is 10.1 Å². The third kappa shape index (κ3) is 4.05. The number of aromatic nitrogens is 1. The maximum Gasteiger partial charge on any atom is 0.343 e. The third-order valence-corrected chi connectivity index (χ3v) is 4.75. The molecule has 0 atom stereocenters. The van der Waals surface area contributed by atoms with E-state index in [-0.39, 0.29) is 17.2 Å². The number of anilines is 1. The maximum absolute atomic E-state index is 13.1. The van der Waals surface area contributed by atoms with E-state index >= 15 is 0 Å². The fourth-order valence-corrected chi connectivity index (χ4v) is 3.15. The first-order valence-electron chi connectivity index (χ1n) is 9.56. The van der Waals surface area contributed by atoms with E-state index < -0.39 is 5.97 Å². The maximum atomic E-state index is 13.1. The van der Waals surface area contributed by atoms with Crippen molar-refractivity contribution in [3.05, 3.63) is 101 Å². The van der Waals surface area contributed by atoms with Gasteiger partial charge in [0.15, 0.2) is 0 Å². The van der Waals surface area contributed by atoms with Crippen molar-refractivity contribution in [3.63, 3.8) is 0 Å². The number of ether oxygens (including phenoxy) is 1. The van der Waals surface area contributed by atoms with E-state index in [9.17, 15) is 9.59 Å². The number of amides is 1. The number of para-hydroxylation sites is 1. The molecule has 0 saturated carbocycles. The van der Waals surface area contributed by atoms with Gasteiger partial charge in [0, 0.05) is 11.6 Å². The molecule has 1 aromatic heterocycles. The molecule has 5 heteroatoms. The van der Waals surface area contributed by atoms with Gasteiger partial charge in [0.2, 0.25) is 0 Å². The highest BCUT2D eigenvalue weighted by molar-refractivity contribution is 6.10. The molecule has 0 aliphatic heterocycles. The number of pyridine rings is 1. The van der Waals surface area contributed by atoms with Gasteiger partial charge in [0.05, 0.1) is 22.3 Å². The Bertz CT molecular complexity index is 1240. The average Bonchev–Trinajstić information content (AvgIpc) is 2.75. The van der Waals surface area contributed by atoms with Gasteiger partial charge >= 0.3 is 5.97 Å². The van der Waals surface area contributed by atoms with E-state index in [2.05, 4.69) is 10.3 Å². The average molecular weight is 396 g/mol. The fraction of sp³-hybridized carbons (Fsp3) is 0.0800. The van der Waals surface area contributed by atoms with Crippen LogP contribution in [0.3, 0.4) is 0 Å². The molecule has 0 aliphatic carbocycles. The van der Waals surface area contributed by atoms with Gasteiger partial charge in [-0.15, -0.1) is 0 Å². The van der Waals surface area contributed by atoms with Crippen molar-refractivity contribution >= 4 is 28.5 Å². The summed E-state index contributed by atoms with van der Waals surface area (Å²) in [6.07, 6.45) is 1.68. The highest BCUT2D eigenvalue weighted by Gasteiger charge is 2.18. The number of nitrogens with zero attached hydrogens (tertiary/aromatic N) is 1. The van der Waals surface area contributed by atoms with Crippen molar-refractivity contribution in [2.24, 2.45) is 0 Å². The molecule has 0 bridgehead atoms. The van der Waals surface area contributed by atoms with Crippen LogP contribution in [0.4, 0.5) is 5.69 Å². The number of esters is 1. The SMILES string of the molecule is Cc1ccc(C(=O)Oc2ccc(C)cc2C(=O)Nc2cccc3cccnc23)cc1. The molecule has 0 unspecified atom stereocenters. The van der Waals surface area contributed by atoms with E-state index in [1.165, 1.54) is 0 Å². The lowest BCUT2D eigenvalue weighted by molar-refractivity contribution is 0.0733. The number of rotatable bonds is 4. The minimum atomic E-state index is -0.514. The molecule has 4 rings (SSSR count). The lowest BCUT2D eigenvalue weighted by Gasteiger charge is -2.12. The number of carbonyl (C=O) groups is 2. The van der Waals surface area contributed by atoms with Crippen LogP contribution in [0.15, 0.2) is 79.0 Å². The van der Waals surface area contributed by atoms with Crippen LogP contribution in [-0.2, 0) is 0 Å². The van der Waals surface area contributed by atoms with E-state index in [1.54, 1.807) is 42.6 Å². The van der Waals surface area contributed by atoms with Crippen LogP contribution in [0.5, 0.6) is 5.75 Å². The van der Waals surface area contributed by atoms with E-state index in [1.807, 2.05) is 50.2 Å². The summed E-state index contributed by atoms with van der Waals surface area (Å²) in [4.78, 5) is 30.0. The molecule has 30 heavy (non-hydrogen) atoms. The van der Waals surface area contributed by atoms with Crippen LogP contribution in [0.2, 0.25) is 0 Å². The zero-order valence-corrected chi connectivity index (χ0v) is 16.7. The summed E-state index contributed by atoms with van der Waals surface area (Å²) in [5.41, 5.74) is 3.92. The lowest BCUT2D eigenvalue weighted by atomic mass is 10.1. The first-order chi connectivity index (χ1) is 14.5. The molecular weight excluding hydrogens is 376 g/mol. The van der Waals surface area contributed by atoms with Gasteiger partial charge in [0.1, 0.15) is 5.75 Å². The van der Waals surface area contributed by atoms with E-state index in [4.69, 9.17) is 4.74 Å². The molecule has 0 aliphatic rings. The number of aryl methyl sites for hydroxylation is 2. The second-order valence-corrected chi connectivity index (χ2v) is 7.09. The summed E-state index contributed by atoms with van der Waals surface area (Å²) in [5.74, 6) is -0.680. The number of hydrogen-bond acceptors (Lipinski definition) is 4. The van der Waals surface area contributed by atoms with Crippen molar-refractivity contribution in [2.75, 3.05) is 5.32 Å². The molecule has 148 valence electrons. The number of nitrogens with one attached hydrogen (secondary N) is 1. The lowest BCUT2D eigenvalue weighted by Crippen LogP contribution is -2.16. The Kier molecular flexibility index (Phi) is 5.26. The largest absolute Gasteiger partial charge is 0.422 e. The molecule has 0 spiro atoms. The Balaban J connectivity index is 1.63. The standard InChI is InChI=1S/C25H20N2O3/c1-16-8-11-19(12-9-16)25(29)30-22-13-10-17(2)15-20(22)24(28)27-21-7-3-5-18-6-4-14-26-23(18)21/h3-15H,1-2H3,(H,27,28). The van der Waals surface area contributed by atoms with Crippen LogP contribution in [0.1, 0.15) is 31.8 Å². The second kappa shape index (κ2) is 8.17.